The third-order valence-electron chi connectivity index (χ3n) is 3.41. The minimum atomic E-state index is -0.625. The summed E-state index contributed by atoms with van der Waals surface area (Å²) in [4.78, 5) is 24.2. The van der Waals surface area contributed by atoms with E-state index in [2.05, 4.69) is 10.5 Å². The number of hydrogen-bond donors (Lipinski definition) is 1. The number of aromatic nitrogens is 1. The molecule has 0 saturated heterocycles. The maximum Gasteiger partial charge on any atom is 0.344 e. The second-order valence-electron chi connectivity index (χ2n) is 5.75. The van der Waals surface area contributed by atoms with Gasteiger partial charge in [0.25, 0.3) is 5.91 Å². The minimum absolute atomic E-state index is 0.0145. The number of carbonyl (C=O) groups is 2. The van der Waals surface area contributed by atoms with Gasteiger partial charge in [-0.05, 0) is 37.6 Å². The predicted octanol–water partition coefficient (Wildman–Crippen LogP) is 3.86. The number of ether oxygens (including phenoxy) is 1. The topological polar surface area (TPSA) is 81.4 Å². The van der Waals surface area contributed by atoms with Crippen LogP contribution >= 0.6 is 11.6 Å². The number of nitrogens with one attached hydrogen (secondary N) is 1. The molecule has 0 aliphatic carbocycles. The molecular formula is C17H19ClN2O4. The second-order valence-corrected chi connectivity index (χ2v) is 6.18. The molecule has 1 aromatic carbocycles. The van der Waals surface area contributed by atoms with Crippen molar-refractivity contribution in [2.75, 3.05) is 11.9 Å². The lowest BCUT2D eigenvalue weighted by Gasteiger charge is -2.09. The summed E-state index contributed by atoms with van der Waals surface area (Å²) in [7, 11) is 0. The number of halogens is 1. The zero-order valence-electron chi connectivity index (χ0n) is 14.0. The molecule has 1 amide bonds. The van der Waals surface area contributed by atoms with E-state index in [1.54, 1.807) is 25.1 Å². The minimum Gasteiger partial charge on any atom is -0.452 e. The van der Waals surface area contributed by atoms with Crippen molar-refractivity contribution >= 4 is 29.2 Å². The zero-order valence-corrected chi connectivity index (χ0v) is 14.7. The van der Waals surface area contributed by atoms with Crippen molar-refractivity contribution in [3.63, 3.8) is 0 Å². The van der Waals surface area contributed by atoms with Gasteiger partial charge in [-0.15, -0.1) is 0 Å². The summed E-state index contributed by atoms with van der Waals surface area (Å²) in [6, 6.07) is 5.10. The Labute approximate surface area is 145 Å². The van der Waals surface area contributed by atoms with Crippen LogP contribution in [0.4, 0.5) is 5.69 Å². The summed E-state index contributed by atoms with van der Waals surface area (Å²) in [5, 5.41) is 7.05. The Bertz CT molecular complexity index is 768. The van der Waals surface area contributed by atoms with Crippen molar-refractivity contribution in [2.24, 2.45) is 0 Å². The molecule has 0 atom stereocenters. The van der Waals surface area contributed by atoms with Crippen LogP contribution in [0.3, 0.4) is 0 Å². The van der Waals surface area contributed by atoms with Crippen molar-refractivity contribution in [2.45, 2.75) is 33.6 Å². The van der Waals surface area contributed by atoms with Gasteiger partial charge in [0.15, 0.2) is 12.4 Å². The van der Waals surface area contributed by atoms with E-state index in [0.29, 0.717) is 22.2 Å². The first-order valence-electron chi connectivity index (χ1n) is 7.49. The van der Waals surface area contributed by atoms with Gasteiger partial charge >= 0.3 is 5.97 Å². The van der Waals surface area contributed by atoms with Crippen molar-refractivity contribution < 1.29 is 18.8 Å². The molecule has 0 aliphatic heterocycles. The number of aryl methyl sites for hydroxylation is 2. The van der Waals surface area contributed by atoms with Crippen molar-refractivity contribution in [1.82, 2.24) is 5.16 Å². The third kappa shape index (κ3) is 4.14. The maximum atomic E-state index is 12.2. The average Bonchev–Trinajstić information content (AvgIpc) is 2.90. The molecule has 0 fully saturated rings. The molecule has 0 bridgehead atoms. The van der Waals surface area contributed by atoms with Crippen LogP contribution in [0.1, 0.15) is 47.1 Å². The lowest BCUT2D eigenvalue weighted by atomic mass is 10.1. The van der Waals surface area contributed by atoms with Crippen molar-refractivity contribution in [1.29, 1.82) is 0 Å². The van der Waals surface area contributed by atoms with E-state index in [0.717, 1.165) is 5.56 Å². The highest BCUT2D eigenvalue weighted by molar-refractivity contribution is 6.30. The van der Waals surface area contributed by atoms with Crippen LogP contribution in [0.2, 0.25) is 5.02 Å². The molecule has 7 heteroatoms. The van der Waals surface area contributed by atoms with E-state index < -0.39 is 18.5 Å². The summed E-state index contributed by atoms with van der Waals surface area (Å²) < 4.78 is 10.2. The van der Waals surface area contributed by atoms with Crippen LogP contribution in [0.25, 0.3) is 0 Å². The highest BCUT2D eigenvalue weighted by atomic mass is 35.5. The molecule has 0 aliphatic rings. The molecule has 0 saturated carbocycles. The van der Waals surface area contributed by atoms with Crippen LogP contribution in [-0.4, -0.2) is 23.6 Å². The Morgan fingerprint density at radius 2 is 2.04 bits per heavy atom. The number of benzene rings is 1. The molecule has 6 nitrogen and oxygen atoms in total. The third-order valence-corrected chi connectivity index (χ3v) is 3.65. The van der Waals surface area contributed by atoms with Crippen LogP contribution < -0.4 is 5.32 Å². The number of hydrogen-bond acceptors (Lipinski definition) is 5. The maximum absolute atomic E-state index is 12.2. The van der Waals surface area contributed by atoms with Gasteiger partial charge < -0.3 is 14.6 Å². The SMILES string of the molecule is Cc1cc(Cl)ccc1NC(=O)COC(=O)c1c(C)noc1C(C)C. The largest absolute Gasteiger partial charge is 0.452 e. The Hall–Kier alpha value is -2.34. The normalized spacial score (nSPS) is 10.8. The fourth-order valence-corrected chi connectivity index (χ4v) is 2.41. The van der Waals surface area contributed by atoms with Crippen LogP contribution in [0.5, 0.6) is 0 Å². The zero-order chi connectivity index (χ0) is 17.9. The predicted molar refractivity (Wildman–Crippen MR) is 90.4 cm³/mol. The van der Waals surface area contributed by atoms with E-state index >= 15 is 0 Å². The monoisotopic (exact) mass is 350 g/mol. The standard InChI is InChI=1S/C17H19ClN2O4/c1-9(2)16-15(11(4)20-24-16)17(22)23-8-14(21)19-13-6-5-12(18)7-10(13)3/h5-7,9H,8H2,1-4H3,(H,19,21). The first kappa shape index (κ1) is 18.0. The van der Waals surface area contributed by atoms with Crippen LogP contribution in [-0.2, 0) is 9.53 Å². The fraction of sp³-hybridized carbons (Fsp3) is 0.353. The quantitative estimate of drug-likeness (QED) is 0.828. The van der Waals surface area contributed by atoms with Gasteiger partial charge in [-0.2, -0.15) is 0 Å². The van der Waals surface area contributed by atoms with Crippen LogP contribution in [0.15, 0.2) is 22.7 Å². The highest BCUT2D eigenvalue weighted by Gasteiger charge is 2.24. The van der Waals surface area contributed by atoms with Gasteiger partial charge in [-0.25, -0.2) is 4.79 Å². The van der Waals surface area contributed by atoms with E-state index in [1.165, 1.54) is 0 Å². The van der Waals surface area contributed by atoms with Gasteiger partial charge in [0, 0.05) is 16.6 Å². The summed E-state index contributed by atoms with van der Waals surface area (Å²) in [6.45, 7) is 6.84. The molecule has 1 heterocycles. The first-order chi connectivity index (χ1) is 11.3. The fourth-order valence-electron chi connectivity index (χ4n) is 2.19. The number of carbonyl (C=O) groups excluding carboxylic acids is 2. The number of rotatable bonds is 5. The van der Waals surface area contributed by atoms with Gasteiger partial charge in [0.05, 0.1) is 5.69 Å². The Balaban J connectivity index is 1.99. The summed E-state index contributed by atoms with van der Waals surface area (Å²) in [5.74, 6) is -0.625. The molecule has 1 aromatic heterocycles. The number of esters is 1. The van der Waals surface area contributed by atoms with Gasteiger partial charge in [-0.3, -0.25) is 4.79 Å². The molecular weight excluding hydrogens is 332 g/mol. The van der Waals surface area contributed by atoms with Gasteiger partial charge in [0.1, 0.15) is 5.56 Å². The lowest BCUT2D eigenvalue weighted by molar-refractivity contribution is -0.119. The second kappa shape index (κ2) is 7.49. The van der Waals surface area contributed by atoms with E-state index in [-0.39, 0.29) is 11.5 Å². The summed E-state index contributed by atoms with van der Waals surface area (Å²) in [5.41, 5.74) is 2.15. The van der Waals surface area contributed by atoms with Crippen molar-refractivity contribution in [3.8, 4) is 0 Å². The Kier molecular flexibility index (Phi) is 5.62. The number of amides is 1. The molecule has 128 valence electrons. The molecule has 2 rings (SSSR count). The molecule has 0 unspecified atom stereocenters. The molecule has 0 spiro atoms. The molecule has 1 N–H and O–H groups in total. The van der Waals surface area contributed by atoms with Crippen LogP contribution in [0, 0.1) is 13.8 Å². The first-order valence-corrected chi connectivity index (χ1v) is 7.86. The lowest BCUT2D eigenvalue weighted by Crippen LogP contribution is -2.22. The van der Waals surface area contributed by atoms with Crippen molar-refractivity contribution in [3.05, 3.63) is 45.8 Å². The van der Waals surface area contributed by atoms with Gasteiger partial charge in [-0.1, -0.05) is 30.6 Å². The number of nitrogens with zero attached hydrogens (tertiary/aromatic N) is 1. The summed E-state index contributed by atoms with van der Waals surface area (Å²) in [6.07, 6.45) is 0. The molecule has 2 aromatic rings. The van der Waals surface area contributed by atoms with E-state index in [4.69, 9.17) is 20.9 Å². The highest BCUT2D eigenvalue weighted by Crippen LogP contribution is 2.23. The van der Waals surface area contributed by atoms with Gasteiger partial charge in [0.2, 0.25) is 0 Å². The summed E-state index contributed by atoms with van der Waals surface area (Å²) >= 11 is 5.87. The average molecular weight is 351 g/mol. The molecule has 0 radical (unpaired) electrons. The molecule has 24 heavy (non-hydrogen) atoms. The van der Waals surface area contributed by atoms with E-state index in [1.807, 2.05) is 20.8 Å². The Morgan fingerprint density at radius 1 is 1.33 bits per heavy atom. The Morgan fingerprint density at radius 3 is 2.67 bits per heavy atom. The van der Waals surface area contributed by atoms with E-state index in [9.17, 15) is 9.59 Å². The smallest absolute Gasteiger partial charge is 0.344 e. The number of anilines is 1.